The molecule has 0 fully saturated rings. The predicted octanol–water partition coefficient (Wildman–Crippen LogP) is 2.27. The summed E-state index contributed by atoms with van der Waals surface area (Å²) >= 11 is 0. The number of aromatic amines is 1. The highest BCUT2D eigenvalue weighted by atomic mass is 16.5. The van der Waals surface area contributed by atoms with E-state index >= 15 is 0 Å². The van der Waals surface area contributed by atoms with Crippen LogP contribution in [0.25, 0.3) is 0 Å². The summed E-state index contributed by atoms with van der Waals surface area (Å²) in [4.78, 5) is 26.6. The van der Waals surface area contributed by atoms with E-state index in [1.54, 1.807) is 42.6 Å². The summed E-state index contributed by atoms with van der Waals surface area (Å²) < 4.78 is 10.8. The van der Waals surface area contributed by atoms with Crippen LogP contribution in [0.3, 0.4) is 0 Å². The number of nitrogens with one attached hydrogen (secondary N) is 3. The number of hydrazine groups is 1. The Bertz CT molecular complexity index is 878. The van der Waals surface area contributed by atoms with Crippen LogP contribution in [0.4, 0.5) is 0 Å². The van der Waals surface area contributed by atoms with Crippen molar-refractivity contribution in [3.05, 3.63) is 70.9 Å². The minimum atomic E-state index is -0.429. The van der Waals surface area contributed by atoms with E-state index in [1.165, 1.54) is 0 Å². The molecule has 134 valence electrons. The molecular weight excluding hydrogens is 336 g/mol. The average molecular weight is 354 g/mol. The fourth-order valence-electron chi connectivity index (χ4n) is 2.29. The molecule has 3 aromatic rings. The zero-order chi connectivity index (χ0) is 18.5. The molecule has 0 unspecified atom stereocenters. The molecule has 0 aliphatic carbocycles. The molecule has 2 heterocycles. The van der Waals surface area contributed by atoms with Crippen LogP contribution in [0.2, 0.25) is 0 Å². The summed E-state index contributed by atoms with van der Waals surface area (Å²) in [6, 6.07) is 9.88. The molecule has 0 aliphatic rings. The molecule has 0 radical (unpaired) electrons. The summed E-state index contributed by atoms with van der Waals surface area (Å²) in [7, 11) is 0. The van der Waals surface area contributed by atoms with Crippen LogP contribution in [0.5, 0.6) is 5.75 Å². The number of carbonyl (C=O) groups is 2. The third-order valence-corrected chi connectivity index (χ3v) is 3.81. The summed E-state index contributed by atoms with van der Waals surface area (Å²) in [6.45, 7) is 4.01. The highest BCUT2D eigenvalue weighted by Gasteiger charge is 2.11. The zero-order valence-electron chi connectivity index (χ0n) is 14.3. The minimum Gasteiger partial charge on any atom is -0.489 e. The number of rotatable bonds is 5. The number of hydrogen-bond acceptors (Lipinski definition) is 5. The van der Waals surface area contributed by atoms with Gasteiger partial charge in [0.1, 0.15) is 23.8 Å². The van der Waals surface area contributed by atoms with Gasteiger partial charge in [0.15, 0.2) is 0 Å². The number of H-pyrrole nitrogens is 1. The molecule has 2 aromatic heterocycles. The van der Waals surface area contributed by atoms with Crippen molar-refractivity contribution in [3.8, 4) is 5.75 Å². The van der Waals surface area contributed by atoms with Crippen molar-refractivity contribution in [3.63, 3.8) is 0 Å². The maximum Gasteiger partial charge on any atom is 0.286 e. The molecule has 0 spiro atoms. The Morgan fingerprint density at radius 2 is 1.85 bits per heavy atom. The van der Waals surface area contributed by atoms with E-state index < -0.39 is 11.8 Å². The average Bonchev–Trinajstić information content (AvgIpc) is 3.29. The van der Waals surface area contributed by atoms with Gasteiger partial charge in [0.25, 0.3) is 11.8 Å². The van der Waals surface area contributed by atoms with Crippen molar-refractivity contribution in [2.24, 2.45) is 0 Å². The second-order valence-electron chi connectivity index (χ2n) is 5.61. The highest BCUT2D eigenvalue weighted by Crippen LogP contribution is 2.17. The molecule has 3 N–H and O–H groups in total. The van der Waals surface area contributed by atoms with E-state index in [1.807, 2.05) is 13.8 Å². The first-order valence-electron chi connectivity index (χ1n) is 7.93. The maximum atomic E-state index is 12.1. The first kappa shape index (κ1) is 17.3. The van der Waals surface area contributed by atoms with Gasteiger partial charge < -0.3 is 14.2 Å². The second-order valence-corrected chi connectivity index (χ2v) is 5.61. The number of ether oxygens (including phenoxy) is 1. The van der Waals surface area contributed by atoms with Crippen molar-refractivity contribution in [1.82, 2.24) is 21.0 Å². The van der Waals surface area contributed by atoms with Gasteiger partial charge in [0, 0.05) is 11.8 Å². The van der Waals surface area contributed by atoms with E-state index in [2.05, 4.69) is 21.0 Å². The molecule has 26 heavy (non-hydrogen) atoms. The van der Waals surface area contributed by atoms with Gasteiger partial charge in [-0.25, -0.2) is 0 Å². The third kappa shape index (κ3) is 3.92. The lowest BCUT2D eigenvalue weighted by Crippen LogP contribution is -2.41. The molecule has 0 saturated carbocycles. The highest BCUT2D eigenvalue weighted by molar-refractivity contribution is 5.98. The van der Waals surface area contributed by atoms with Crippen molar-refractivity contribution < 1.29 is 18.8 Å². The van der Waals surface area contributed by atoms with E-state index in [0.29, 0.717) is 23.6 Å². The number of nitrogens with zero attached hydrogens (tertiary/aromatic N) is 1. The lowest BCUT2D eigenvalue weighted by molar-refractivity contribution is 0.0844. The van der Waals surface area contributed by atoms with Gasteiger partial charge in [-0.05, 0) is 50.2 Å². The van der Waals surface area contributed by atoms with Crippen LogP contribution in [0, 0.1) is 13.8 Å². The third-order valence-electron chi connectivity index (χ3n) is 3.81. The molecule has 2 amide bonds. The summed E-state index contributed by atoms with van der Waals surface area (Å²) in [5.74, 6) is 0.471. The van der Waals surface area contributed by atoms with Gasteiger partial charge in [0.2, 0.25) is 0 Å². The van der Waals surface area contributed by atoms with Crippen LogP contribution in [-0.2, 0) is 6.61 Å². The number of aryl methyl sites for hydroxylation is 2. The van der Waals surface area contributed by atoms with Gasteiger partial charge in [-0.15, -0.1) is 0 Å². The molecule has 0 atom stereocenters. The molecule has 1 aromatic carbocycles. The predicted molar refractivity (Wildman–Crippen MR) is 92.5 cm³/mol. The topological polar surface area (TPSA) is 109 Å². The van der Waals surface area contributed by atoms with Crippen molar-refractivity contribution >= 4 is 11.8 Å². The zero-order valence-corrected chi connectivity index (χ0v) is 14.3. The Morgan fingerprint density at radius 1 is 1.12 bits per heavy atom. The molecule has 8 nitrogen and oxygen atoms in total. The van der Waals surface area contributed by atoms with Crippen LogP contribution in [0.15, 0.2) is 47.1 Å². The fraction of sp³-hybridized carbons (Fsp3) is 0.167. The quantitative estimate of drug-likeness (QED) is 0.609. The van der Waals surface area contributed by atoms with Gasteiger partial charge in [0.05, 0.1) is 11.3 Å². The Labute approximate surface area is 149 Å². The number of carbonyl (C=O) groups excluding carboxylic acids is 2. The van der Waals surface area contributed by atoms with Gasteiger partial charge in [-0.3, -0.25) is 20.4 Å². The second kappa shape index (κ2) is 7.56. The molecular formula is C18H18N4O4. The van der Waals surface area contributed by atoms with Crippen molar-refractivity contribution in [2.45, 2.75) is 20.5 Å². The van der Waals surface area contributed by atoms with E-state index in [4.69, 9.17) is 9.26 Å². The summed E-state index contributed by atoms with van der Waals surface area (Å²) in [5.41, 5.74) is 7.13. The van der Waals surface area contributed by atoms with Crippen molar-refractivity contribution in [2.75, 3.05) is 0 Å². The molecule has 0 saturated heterocycles. The molecule has 8 heteroatoms. The van der Waals surface area contributed by atoms with Crippen molar-refractivity contribution in [1.29, 1.82) is 0 Å². The SMILES string of the molecule is Cc1noc(C)c1COc1ccc(C(=O)NNC(=O)c2ccc[nH]2)cc1. The lowest BCUT2D eigenvalue weighted by atomic mass is 10.2. The van der Waals surface area contributed by atoms with E-state index in [-0.39, 0.29) is 0 Å². The van der Waals surface area contributed by atoms with Gasteiger partial charge in [-0.2, -0.15) is 0 Å². The summed E-state index contributed by atoms with van der Waals surface area (Å²) in [6.07, 6.45) is 1.62. The monoisotopic (exact) mass is 354 g/mol. The Morgan fingerprint density at radius 3 is 2.46 bits per heavy atom. The Hall–Kier alpha value is -3.55. The van der Waals surface area contributed by atoms with Crippen LogP contribution in [0.1, 0.15) is 37.9 Å². The van der Waals surface area contributed by atoms with Crippen LogP contribution in [-0.4, -0.2) is 22.0 Å². The number of hydrogen-bond donors (Lipinski definition) is 3. The standard InChI is InChI=1S/C18H18N4O4/c1-11-15(12(2)26-22-11)10-25-14-7-5-13(6-8-14)17(23)20-21-18(24)16-4-3-9-19-16/h3-9,19H,10H2,1-2H3,(H,20,23)(H,21,24). The molecule has 0 aliphatic heterocycles. The summed E-state index contributed by atoms with van der Waals surface area (Å²) in [5, 5.41) is 3.87. The Balaban J connectivity index is 1.53. The fourth-order valence-corrected chi connectivity index (χ4v) is 2.29. The molecule has 3 rings (SSSR count). The van der Waals surface area contributed by atoms with Crippen LogP contribution < -0.4 is 15.6 Å². The lowest BCUT2D eigenvalue weighted by Gasteiger charge is -2.08. The van der Waals surface area contributed by atoms with Crippen LogP contribution >= 0.6 is 0 Å². The number of amides is 2. The normalized spacial score (nSPS) is 10.4. The molecule has 0 bridgehead atoms. The van der Waals surface area contributed by atoms with E-state index in [0.717, 1.165) is 17.0 Å². The first-order valence-corrected chi connectivity index (χ1v) is 7.93. The van der Waals surface area contributed by atoms with E-state index in [9.17, 15) is 9.59 Å². The number of benzene rings is 1. The number of aromatic nitrogens is 2. The Kier molecular flexibility index (Phi) is 5.02. The first-order chi connectivity index (χ1) is 12.5. The maximum absolute atomic E-state index is 12.1. The smallest absolute Gasteiger partial charge is 0.286 e. The largest absolute Gasteiger partial charge is 0.489 e. The van der Waals surface area contributed by atoms with Gasteiger partial charge >= 0.3 is 0 Å². The van der Waals surface area contributed by atoms with Gasteiger partial charge in [-0.1, -0.05) is 5.16 Å². The minimum absolute atomic E-state index is 0.332.